The van der Waals surface area contributed by atoms with E-state index < -0.39 is 6.10 Å². The van der Waals surface area contributed by atoms with Crippen LogP contribution in [0.25, 0.3) is 0 Å². The molecule has 0 saturated carbocycles. The summed E-state index contributed by atoms with van der Waals surface area (Å²) in [5, 5.41) is 12.5. The van der Waals surface area contributed by atoms with E-state index in [-0.39, 0.29) is 43.1 Å². The van der Waals surface area contributed by atoms with Crippen molar-refractivity contribution in [3.05, 3.63) is 64.6 Å². The molecular formula is C26H35FN2O4S. The Morgan fingerprint density at radius 1 is 1.41 bits per heavy atom. The number of carbonyl (C=O) groups excluding carboxylic acids is 1. The number of ether oxygens (including phenoxy) is 2. The lowest BCUT2D eigenvalue weighted by Gasteiger charge is -2.37. The monoisotopic (exact) mass is 490 g/mol. The molecular weight excluding hydrogens is 455 g/mol. The maximum atomic E-state index is 13.6. The number of hydrogen-bond donors (Lipinski definition) is 1. The van der Waals surface area contributed by atoms with Gasteiger partial charge in [-0.2, -0.15) is 0 Å². The predicted octanol–water partition coefficient (Wildman–Crippen LogP) is 4.06. The van der Waals surface area contributed by atoms with Crippen molar-refractivity contribution in [3.8, 4) is 5.75 Å². The summed E-state index contributed by atoms with van der Waals surface area (Å²) in [6, 6.07) is 7.80. The lowest BCUT2D eigenvalue weighted by atomic mass is 10.0. The van der Waals surface area contributed by atoms with Crippen LogP contribution in [0.1, 0.15) is 37.3 Å². The number of hydrogen-bond acceptors (Lipinski definition) is 6. The van der Waals surface area contributed by atoms with Gasteiger partial charge in [-0.1, -0.05) is 12.1 Å². The molecule has 0 bridgehead atoms. The standard InChI is InChI=1S/C26H35FN2O4S/c1-5-11-28(15-20(30)17-33-26(2,3)4)16-25(31)29-12-9-24-22(10-13-34-24)23(29)18-32-21-8-6-7-19(27)14-21/h5-8,10,13-14,20,23,30H,1,9,11-12,15-18H2,2-4H3. The average Bonchev–Trinajstić information content (AvgIpc) is 3.25. The summed E-state index contributed by atoms with van der Waals surface area (Å²) in [5.41, 5.74) is 0.732. The molecule has 2 heterocycles. The fourth-order valence-electron chi connectivity index (χ4n) is 3.97. The Morgan fingerprint density at radius 3 is 2.91 bits per heavy atom. The van der Waals surface area contributed by atoms with Crippen molar-refractivity contribution in [2.75, 3.05) is 39.4 Å². The number of fused-ring (bicyclic) bond motifs is 1. The van der Waals surface area contributed by atoms with Crippen molar-refractivity contribution in [2.45, 2.75) is 44.9 Å². The zero-order chi connectivity index (χ0) is 24.7. The van der Waals surface area contributed by atoms with Gasteiger partial charge >= 0.3 is 0 Å². The molecule has 8 heteroatoms. The molecule has 1 aliphatic heterocycles. The summed E-state index contributed by atoms with van der Waals surface area (Å²) in [6.07, 6.45) is 1.80. The third kappa shape index (κ3) is 7.63. The molecule has 3 rings (SSSR count). The predicted molar refractivity (Wildman–Crippen MR) is 133 cm³/mol. The molecule has 0 saturated heterocycles. The van der Waals surface area contributed by atoms with E-state index in [0.717, 1.165) is 12.0 Å². The van der Waals surface area contributed by atoms with Crippen LogP contribution in [-0.4, -0.2) is 71.9 Å². The fourth-order valence-corrected chi connectivity index (χ4v) is 4.90. The highest BCUT2D eigenvalue weighted by molar-refractivity contribution is 7.10. The number of rotatable bonds is 11. The molecule has 2 atom stereocenters. The van der Waals surface area contributed by atoms with Gasteiger partial charge in [0, 0.05) is 30.6 Å². The zero-order valence-electron chi connectivity index (χ0n) is 20.2. The first-order valence-electron chi connectivity index (χ1n) is 11.6. The van der Waals surface area contributed by atoms with Crippen molar-refractivity contribution >= 4 is 17.2 Å². The molecule has 0 spiro atoms. The third-order valence-electron chi connectivity index (χ3n) is 5.54. The van der Waals surface area contributed by atoms with Gasteiger partial charge in [-0.3, -0.25) is 9.69 Å². The molecule has 0 aliphatic carbocycles. The van der Waals surface area contributed by atoms with E-state index >= 15 is 0 Å². The van der Waals surface area contributed by atoms with E-state index in [9.17, 15) is 14.3 Å². The number of halogens is 1. The largest absolute Gasteiger partial charge is 0.491 e. The van der Waals surface area contributed by atoms with Crippen LogP contribution < -0.4 is 4.74 Å². The summed E-state index contributed by atoms with van der Waals surface area (Å²) < 4.78 is 25.2. The van der Waals surface area contributed by atoms with Crippen molar-refractivity contribution in [3.63, 3.8) is 0 Å². The van der Waals surface area contributed by atoms with Gasteiger partial charge < -0.3 is 19.5 Å². The summed E-state index contributed by atoms with van der Waals surface area (Å²) in [7, 11) is 0. The van der Waals surface area contributed by atoms with Crippen molar-refractivity contribution in [2.24, 2.45) is 0 Å². The van der Waals surface area contributed by atoms with E-state index in [4.69, 9.17) is 9.47 Å². The minimum Gasteiger partial charge on any atom is -0.491 e. The summed E-state index contributed by atoms with van der Waals surface area (Å²) >= 11 is 1.68. The van der Waals surface area contributed by atoms with Crippen LogP contribution >= 0.6 is 11.3 Å². The normalized spacial score (nSPS) is 16.9. The van der Waals surface area contributed by atoms with Gasteiger partial charge in [-0.25, -0.2) is 4.39 Å². The Balaban J connectivity index is 1.67. The van der Waals surface area contributed by atoms with Gasteiger partial charge in [0.05, 0.1) is 30.9 Å². The number of amides is 1. The lowest BCUT2D eigenvalue weighted by Crippen LogP contribution is -2.48. The zero-order valence-corrected chi connectivity index (χ0v) is 21.0. The molecule has 1 amide bonds. The topological polar surface area (TPSA) is 62.2 Å². The second-order valence-electron chi connectivity index (χ2n) is 9.48. The van der Waals surface area contributed by atoms with Gasteiger partial charge in [0.25, 0.3) is 0 Å². The number of aliphatic hydroxyl groups is 1. The minimum atomic E-state index is -0.719. The third-order valence-corrected chi connectivity index (χ3v) is 6.54. The number of benzene rings is 1. The highest BCUT2D eigenvalue weighted by atomic mass is 32.1. The summed E-state index contributed by atoms with van der Waals surface area (Å²) in [5.74, 6) is 0.0276. The van der Waals surface area contributed by atoms with E-state index in [1.165, 1.54) is 17.0 Å². The van der Waals surface area contributed by atoms with Crippen LogP contribution in [0.5, 0.6) is 5.75 Å². The molecule has 0 fully saturated rings. The molecule has 1 aromatic heterocycles. The van der Waals surface area contributed by atoms with Gasteiger partial charge in [0.2, 0.25) is 5.91 Å². The molecule has 1 N–H and O–H groups in total. The van der Waals surface area contributed by atoms with Crippen LogP contribution in [-0.2, 0) is 16.0 Å². The number of aliphatic hydroxyl groups excluding tert-OH is 1. The van der Waals surface area contributed by atoms with Crippen LogP contribution in [0, 0.1) is 5.82 Å². The van der Waals surface area contributed by atoms with E-state index in [0.29, 0.717) is 25.4 Å². The maximum absolute atomic E-state index is 13.6. The van der Waals surface area contributed by atoms with Gasteiger partial charge in [-0.05, 0) is 56.3 Å². The lowest BCUT2D eigenvalue weighted by molar-refractivity contribution is -0.136. The highest BCUT2D eigenvalue weighted by Gasteiger charge is 2.33. The molecule has 2 unspecified atom stereocenters. The molecule has 34 heavy (non-hydrogen) atoms. The fraction of sp³-hybridized carbons (Fsp3) is 0.500. The van der Waals surface area contributed by atoms with Crippen LogP contribution in [0.4, 0.5) is 4.39 Å². The van der Waals surface area contributed by atoms with Crippen LogP contribution in [0.3, 0.4) is 0 Å². The van der Waals surface area contributed by atoms with E-state index in [2.05, 4.69) is 6.58 Å². The Labute approximate surface area is 205 Å². The van der Waals surface area contributed by atoms with Crippen molar-refractivity contribution < 1.29 is 23.8 Å². The molecule has 1 aliphatic rings. The number of nitrogens with zero attached hydrogens (tertiary/aromatic N) is 2. The smallest absolute Gasteiger partial charge is 0.237 e. The minimum absolute atomic E-state index is 0.0459. The molecule has 1 aromatic carbocycles. The Hall–Kier alpha value is -2.26. The summed E-state index contributed by atoms with van der Waals surface area (Å²) in [4.78, 5) is 18.4. The Bertz CT molecular complexity index is 958. The van der Waals surface area contributed by atoms with Gasteiger partial charge in [0.15, 0.2) is 0 Å². The SMILES string of the molecule is C=CCN(CC(=O)N1CCc2sccc2C1COc1cccc(F)c1)CC(O)COC(C)(C)C. The van der Waals surface area contributed by atoms with E-state index in [1.54, 1.807) is 29.5 Å². The number of carbonyl (C=O) groups is 1. The highest BCUT2D eigenvalue weighted by Crippen LogP contribution is 2.34. The first kappa shape index (κ1) is 26.3. The second-order valence-corrected chi connectivity index (χ2v) is 10.5. The van der Waals surface area contributed by atoms with Crippen LogP contribution in [0.2, 0.25) is 0 Å². The molecule has 2 aromatic rings. The van der Waals surface area contributed by atoms with E-state index in [1.807, 2.05) is 42.0 Å². The first-order chi connectivity index (χ1) is 16.2. The molecule has 0 radical (unpaired) electrons. The van der Waals surface area contributed by atoms with Crippen molar-refractivity contribution in [1.29, 1.82) is 0 Å². The quantitative estimate of drug-likeness (QED) is 0.482. The van der Waals surface area contributed by atoms with Crippen LogP contribution in [0.15, 0.2) is 48.4 Å². The Morgan fingerprint density at radius 2 is 2.21 bits per heavy atom. The Kier molecular flexibility index (Phi) is 9.24. The van der Waals surface area contributed by atoms with Crippen molar-refractivity contribution in [1.82, 2.24) is 9.80 Å². The first-order valence-corrected chi connectivity index (χ1v) is 12.4. The number of thiophene rings is 1. The average molecular weight is 491 g/mol. The second kappa shape index (κ2) is 11.9. The molecule has 186 valence electrons. The summed E-state index contributed by atoms with van der Waals surface area (Å²) in [6.45, 7) is 11.5. The maximum Gasteiger partial charge on any atom is 0.237 e. The molecule has 6 nitrogen and oxygen atoms in total. The van der Waals surface area contributed by atoms with Gasteiger partial charge in [0.1, 0.15) is 18.2 Å². The van der Waals surface area contributed by atoms with Gasteiger partial charge in [-0.15, -0.1) is 17.9 Å².